The molecule has 0 N–H and O–H groups in total. The van der Waals surface area contributed by atoms with Crippen molar-refractivity contribution in [1.29, 1.82) is 0 Å². The average Bonchev–Trinajstić information content (AvgIpc) is 2.72. The molecule has 2 heterocycles. The predicted molar refractivity (Wildman–Crippen MR) is 73.0 cm³/mol. The SMILES string of the molecule is Cc1cc(Cl)nc(CN2CCc3ccccc32)n1. The van der Waals surface area contributed by atoms with Gasteiger partial charge in [0.05, 0.1) is 6.54 Å². The van der Waals surface area contributed by atoms with E-state index in [9.17, 15) is 0 Å². The summed E-state index contributed by atoms with van der Waals surface area (Å²) in [4.78, 5) is 11.0. The van der Waals surface area contributed by atoms with Crippen molar-refractivity contribution in [1.82, 2.24) is 9.97 Å². The van der Waals surface area contributed by atoms with Crippen LogP contribution in [0.25, 0.3) is 0 Å². The van der Waals surface area contributed by atoms with Crippen LogP contribution in [-0.2, 0) is 13.0 Å². The van der Waals surface area contributed by atoms with Crippen molar-refractivity contribution in [2.24, 2.45) is 0 Å². The third-order valence-electron chi connectivity index (χ3n) is 3.18. The fourth-order valence-electron chi connectivity index (χ4n) is 2.40. The monoisotopic (exact) mass is 259 g/mol. The molecule has 0 aliphatic carbocycles. The Bertz CT molecular complexity index is 563. The van der Waals surface area contributed by atoms with E-state index in [1.807, 2.05) is 6.92 Å². The van der Waals surface area contributed by atoms with Crippen LogP contribution in [0.2, 0.25) is 5.15 Å². The van der Waals surface area contributed by atoms with Crippen molar-refractivity contribution in [2.75, 3.05) is 11.4 Å². The van der Waals surface area contributed by atoms with Gasteiger partial charge in [-0.05, 0) is 31.0 Å². The van der Waals surface area contributed by atoms with Crippen LogP contribution in [0.5, 0.6) is 0 Å². The lowest BCUT2D eigenvalue weighted by atomic mass is 10.2. The molecular weight excluding hydrogens is 246 g/mol. The van der Waals surface area contributed by atoms with Gasteiger partial charge in [-0.25, -0.2) is 9.97 Å². The molecular formula is C14H14ClN3. The van der Waals surface area contributed by atoms with Crippen LogP contribution in [-0.4, -0.2) is 16.5 Å². The first kappa shape index (κ1) is 11.5. The molecule has 1 aromatic carbocycles. The minimum absolute atomic E-state index is 0.519. The number of benzene rings is 1. The lowest BCUT2D eigenvalue weighted by Gasteiger charge is -2.18. The lowest BCUT2D eigenvalue weighted by molar-refractivity contribution is 0.780. The van der Waals surface area contributed by atoms with E-state index >= 15 is 0 Å². The molecule has 1 aliphatic heterocycles. The number of rotatable bonds is 2. The van der Waals surface area contributed by atoms with Gasteiger partial charge >= 0.3 is 0 Å². The molecule has 2 aromatic rings. The van der Waals surface area contributed by atoms with Gasteiger partial charge in [-0.15, -0.1) is 0 Å². The Balaban J connectivity index is 1.86. The lowest BCUT2D eigenvalue weighted by Crippen LogP contribution is -2.21. The second kappa shape index (κ2) is 4.58. The molecule has 3 rings (SSSR count). The van der Waals surface area contributed by atoms with E-state index in [1.54, 1.807) is 6.07 Å². The molecule has 18 heavy (non-hydrogen) atoms. The van der Waals surface area contributed by atoms with Gasteiger partial charge in [0.2, 0.25) is 0 Å². The Morgan fingerprint density at radius 3 is 2.94 bits per heavy atom. The van der Waals surface area contributed by atoms with Crippen LogP contribution in [0.15, 0.2) is 30.3 Å². The van der Waals surface area contributed by atoms with Crippen molar-refractivity contribution in [3.63, 3.8) is 0 Å². The van der Waals surface area contributed by atoms with E-state index in [2.05, 4.69) is 39.1 Å². The zero-order valence-corrected chi connectivity index (χ0v) is 11.0. The zero-order valence-electron chi connectivity index (χ0n) is 10.2. The maximum Gasteiger partial charge on any atom is 0.149 e. The largest absolute Gasteiger partial charge is 0.363 e. The summed E-state index contributed by atoms with van der Waals surface area (Å²) in [5.74, 6) is 0.789. The Labute approximate surface area is 111 Å². The van der Waals surface area contributed by atoms with Crippen molar-refractivity contribution in [3.05, 3.63) is 52.6 Å². The minimum Gasteiger partial charge on any atom is -0.363 e. The maximum atomic E-state index is 5.97. The Morgan fingerprint density at radius 1 is 1.28 bits per heavy atom. The van der Waals surface area contributed by atoms with E-state index in [-0.39, 0.29) is 0 Å². The molecule has 0 bridgehead atoms. The van der Waals surface area contributed by atoms with Gasteiger partial charge in [0.15, 0.2) is 0 Å². The van der Waals surface area contributed by atoms with Crippen LogP contribution < -0.4 is 4.90 Å². The molecule has 1 aromatic heterocycles. The van der Waals surface area contributed by atoms with Crippen LogP contribution in [0.3, 0.4) is 0 Å². The Kier molecular flexibility index (Phi) is 2.92. The quantitative estimate of drug-likeness (QED) is 0.777. The standard InChI is InChI=1S/C14H14ClN3/c1-10-8-13(15)17-14(16-10)9-18-7-6-11-4-2-3-5-12(11)18/h2-5,8H,6-7,9H2,1H3. The van der Waals surface area contributed by atoms with Crippen molar-refractivity contribution < 1.29 is 0 Å². The Morgan fingerprint density at radius 2 is 2.11 bits per heavy atom. The number of nitrogens with zero attached hydrogens (tertiary/aromatic N) is 3. The molecule has 4 heteroatoms. The number of anilines is 1. The van der Waals surface area contributed by atoms with E-state index in [0.717, 1.165) is 31.0 Å². The third-order valence-corrected chi connectivity index (χ3v) is 3.38. The highest BCUT2D eigenvalue weighted by atomic mass is 35.5. The number of halogens is 1. The molecule has 0 saturated heterocycles. The van der Waals surface area contributed by atoms with Crippen LogP contribution in [0.1, 0.15) is 17.1 Å². The molecule has 0 unspecified atom stereocenters. The molecule has 92 valence electrons. The van der Waals surface area contributed by atoms with E-state index in [4.69, 9.17) is 11.6 Å². The van der Waals surface area contributed by atoms with Gasteiger partial charge in [0.1, 0.15) is 11.0 Å². The van der Waals surface area contributed by atoms with Gasteiger partial charge in [-0.3, -0.25) is 0 Å². The number of hydrogen-bond donors (Lipinski definition) is 0. The fourth-order valence-corrected chi connectivity index (χ4v) is 2.66. The smallest absolute Gasteiger partial charge is 0.149 e. The highest BCUT2D eigenvalue weighted by Gasteiger charge is 2.19. The second-order valence-electron chi connectivity index (χ2n) is 4.55. The molecule has 3 nitrogen and oxygen atoms in total. The van der Waals surface area contributed by atoms with Crippen LogP contribution >= 0.6 is 11.6 Å². The summed E-state index contributed by atoms with van der Waals surface area (Å²) in [6.07, 6.45) is 1.09. The molecule has 0 atom stereocenters. The molecule has 0 spiro atoms. The number of fused-ring (bicyclic) bond motifs is 1. The second-order valence-corrected chi connectivity index (χ2v) is 4.94. The number of aromatic nitrogens is 2. The van der Waals surface area contributed by atoms with Crippen molar-refractivity contribution >= 4 is 17.3 Å². The van der Waals surface area contributed by atoms with Gasteiger partial charge in [-0.1, -0.05) is 29.8 Å². The summed E-state index contributed by atoms with van der Waals surface area (Å²) < 4.78 is 0. The van der Waals surface area contributed by atoms with Crippen LogP contribution in [0, 0.1) is 6.92 Å². The van der Waals surface area contributed by atoms with Gasteiger partial charge < -0.3 is 4.90 Å². The summed E-state index contributed by atoms with van der Waals surface area (Å²) in [5, 5.41) is 0.519. The predicted octanol–water partition coefficient (Wildman–Crippen LogP) is 3.00. The minimum atomic E-state index is 0.519. The van der Waals surface area contributed by atoms with E-state index < -0.39 is 0 Å². The summed E-state index contributed by atoms with van der Waals surface area (Å²) in [5.41, 5.74) is 3.60. The maximum absolute atomic E-state index is 5.97. The third kappa shape index (κ3) is 2.18. The first-order valence-electron chi connectivity index (χ1n) is 6.05. The highest BCUT2D eigenvalue weighted by Crippen LogP contribution is 2.28. The highest BCUT2D eigenvalue weighted by molar-refractivity contribution is 6.29. The van der Waals surface area contributed by atoms with Gasteiger partial charge in [0, 0.05) is 17.9 Å². The van der Waals surface area contributed by atoms with Crippen molar-refractivity contribution in [3.8, 4) is 0 Å². The topological polar surface area (TPSA) is 29.0 Å². The van der Waals surface area contributed by atoms with Crippen LogP contribution in [0.4, 0.5) is 5.69 Å². The molecule has 0 fully saturated rings. The molecule has 1 aliphatic rings. The fraction of sp³-hybridized carbons (Fsp3) is 0.286. The number of para-hydroxylation sites is 1. The zero-order chi connectivity index (χ0) is 12.5. The Hall–Kier alpha value is -1.61. The summed E-state index contributed by atoms with van der Waals surface area (Å²) in [6.45, 7) is 3.68. The number of aryl methyl sites for hydroxylation is 1. The molecule has 0 amide bonds. The van der Waals surface area contributed by atoms with E-state index in [1.165, 1.54) is 11.3 Å². The van der Waals surface area contributed by atoms with Gasteiger partial charge in [-0.2, -0.15) is 0 Å². The summed E-state index contributed by atoms with van der Waals surface area (Å²) >= 11 is 5.97. The number of hydrogen-bond acceptors (Lipinski definition) is 3. The summed E-state index contributed by atoms with van der Waals surface area (Å²) in [6, 6.07) is 10.3. The normalized spacial score (nSPS) is 13.8. The average molecular weight is 260 g/mol. The summed E-state index contributed by atoms with van der Waals surface area (Å²) in [7, 11) is 0. The molecule has 0 radical (unpaired) electrons. The first-order valence-corrected chi connectivity index (χ1v) is 6.43. The first-order chi connectivity index (χ1) is 8.72. The van der Waals surface area contributed by atoms with E-state index in [0.29, 0.717) is 5.15 Å². The van der Waals surface area contributed by atoms with Crippen molar-refractivity contribution in [2.45, 2.75) is 19.9 Å². The molecule has 0 saturated carbocycles. The van der Waals surface area contributed by atoms with Gasteiger partial charge in [0.25, 0.3) is 0 Å².